The number of aromatic amines is 1. The number of imidazole rings is 1. The summed E-state index contributed by atoms with van der Waals surface area (Å²) in [4.78, 5) is 9.20. The molecule has 1 aliphatic rings. The highest BCUT2D eigenvalue weighted by Gasteiger charge is 2.45. The summed E-state index contributed by atoms with van der Waals surface area (Å²) in [5.74, 6) is 1.07. The molecule has 3 rings (SSSR count). The lowest BCUT2D eigenvalue weighted by molar-refractivity contribution is 0.659. The maximum absolute atomic E-state index is 5.80. The number of H-pyrrole nitrogens is 1. The van der Waals surface area contributed by atoms with Crippen LogP contribution in [0.15, 0.2) is 17.6 Å². The van der Waals surface area contributed by atoms with Crippen LogP contribution in [-0.4, -0.2) is 16.5 Å². The molecule has 0 amide bonds. The zero-order chi connectivity index (χ0) is 11.2. The van der Waals surface area contributed by atoms with Crippen LogP contribution in [0.1, 0.15) is 24.2 Å². The molecule has 0 radical (unpaired) electrons. The van der Waals surface area contributed by atoms with Crippen molar-refractivity contribution in [3.05, 3.63) is 29.0 Å². The van der Waals surface area contributed by atoms with Gasteiger partial charge >= 0.3 is 0 Å². The van der Waals surface area contributed by atoms with Crippen molar-refractivity contribution in [3.63, 3.8) is 0 Å². The molecule has 0 aliphatic heterocycles. The van der Waals surface area contributed by atoms with Gasteiger partial charge in [-0.15, -0.1) is 11.3 Å². The van der Waals surface area contributed by atoms with Crippen LogP contribution in [0, 0.1) is 6.92 Å². The lowest BCUT2D eigenvalue weighted by atomic mass is 10.1. The van der Waals surface area contributed by atoms with Crippen molar-refractivity contribution in [2.45, 2.75) is 25.2 Å². The van der Waals surface area contributed by atoms with Crippen molar-refractivity contribution in [1.29, 1.82) is 0 Å². The van der Waals surface area contributed by atoms with E-state index >= 15 is 0 Å². The van der Waals surface area contributed by atoms with Crippen molar-refractivity contribution in [2.24, 2.45) is 5.73 Å². The van der Waals surface area contributed by atoms with Gasteiger partial charge in [0.2, 0.25) is 0 Å². The van der Waals surface area contributed by atoms with E-state index in [1.54, 1.807) is 11.3 Å². The lowest BCUT2D eigenvalue weighted by Gasteiger charge is -2.07. The molecule has 0 unspecified atom stereocenters. The Morgan fingerprint density at radius 1 is 1.56 bits per heavy atom. The van der Waals surface area contributed by atoms with Gasteiger partial charge in [0, 0.05) is 12.0 Å². The van der Waals surface area contributed by atoms with Crippen LogP contribution < -0.4 is 5.73 Å². The molecule has 0 bridgehead atoms. The number of aromatic nitrogens is 2. The highest BCUT2D eigenvalue weighted by molar-refractivity contribution is 7.13. The number of nitrogens with one attached hydrogen (secondary N) is 1. The van der Waals surface area contributed by atoms with E-state index in [9.17, 15) is 0 Å². The Labute approximate surface area is 98.7 Å². The first kappa shape index (κ1) is 10.1. The van der Waals surface area contributed by atoms with Gasteiger partial charge in [0.1, 0.15) is 5.82 Å². The number of rotatable bonds is 3. The van der Waals surface area contributed by atoms with Crippen LogP contribution in [0.4, 0.5) is 0 Å². The number of hydrogen-bond acceptors (Lipinski definition) is 3. The molecule has 1 fully saturated rings. The molecule has 0 spiro atoms. The Balaban J connectivity index is 1.97. The molecule has 1 saturated carbocycles. The van der Waals surface area contributed by atoms with E-state index < -0.39 is 0 Å². The smallest absolute Gasteiger partial charge is 0.114 e. The first-order valence-electron chi connectivity index (χ1n) is 5.55. The van der Waals surface area contributed by atoms with E-state index in [0.29, 0.717) is 6.54 Å². The largest absolute Gasteiger partial charge is 0.341 e. The Morgan fingerprint density at radius 3 is 2.94 bits per heavy atom. The minimum absolute atomic E-state index is 0.156. The second-order valence-corrected chi connectivity index (χ2v) is 5.48. The average Bonchev–Trinajstić information content (AvgIpc) is 2.72. The fourth-order valence-corrected chi connectivity index (χ4v) is 2.94. The van der Waals surface area contributed by atoms with Gasteiger partial charge in [0.15, 0.2) is 0 Å². The molecule has 84 valence electrons. The third-order valence-corrected chi connectivity index (χ3v) is 4.48. The maximum atomic E-state index is 5.80. The molecule has 3 nitrogen and oxygen atoms in total. The Hall–Kier alpha value is -1.13. The molecule has 0 aromatic carbocycles. The van der Waals surface area contributed by atoms with Crippen LogP contribution in [0.2, 0.25) is 0 Å². The molecular formula is C12H15N3S. The van der Waals surface area contributed by atoms with Crippen LogP contribution in [0.3, 0.4) is 0 Å². The van der Waals surface area contributed by atoms with Crippen molar-refractivity contribution in [3.8, 4) is 10.6 Å². The highest BCUT2D eigenvalue weighted by atomic mass is 32.1. The van der Waals surface area contributed by atoms with E-state index in [-0.39, 0.29) is 5.41 Å². The number of aryl methyl sites for hydroxylation is 1. The van der Waals surface area contributed by atoms with Crippen molar-refractivity contribution >= 4 is 11.3 Å². The number of nitrogens with two attached hydrogens (primary N) is 1. The number of nitrogens with zero attached hydrogens (tertiary/aromatic N) is 1. The number of thiophene rings is 1. The summed E-state index contributed by atoms with van der Waals surface area (Å²) in [7, 11) is 0. The predicted octanol–water partition coefficient (Wildman–Crippen LogP) is 2.44. The van der Waals surface area contributed by atoms with E-state index in [1.165, 1.54) is 23.3 Å². The second kappa shape index (κ2) is 3.43. The minimum atomic E-state index is 0.156. The van der Waals surface area contributed by atoms with E-state index in [2.05, 4.69) is 28.3 Å². The third kappa shape index (κ3) is 1.41. The van der Waals surface area contributed by atoms with Gasteiger partial charge in [-0.05, 0) is 36.8 Å². The van der Waals surface area contributed by atoms with Gasteiger partial charge in [0.05, 0.1) is 16.8 Å². The fourth-order valence-electron chi connectivity index (χ4n) is 2.04. The summed E-state index contributed by atoms with van der Waals surface area (Å²) >= 11 is 1.75. The molecule has 1 aliphatic carbocycles. The zero-order valence-electron chi connectivity index (χ0n) is 9.29. The van der Waals surface area contributed by atoms with Crippen LogP contribution >= 0.6 is 11.3 Å². The third-order valence-electron chi connectivity index (χ3n) is 3.43. The first-order valence-corrected chi connectivity index (χ1v) is 6.43. The molecule has 2 heterocycles. The van der Waals surface area contributed by atoms with E-state index in [0.717, 1.165) is 11.5 Å². The maximum Gasteiger partial charge on any atom is 0.114 e. The summed E-state index contributed by atoms with van der Waals surface area (Å²) in [6.45, 7) is 2.82. The summed E-state index contributed by atoms with van der Waals surface area (Å²) in [6.07, 6.45) is 4.27. The lowest BCUT2D eigenvalue weighted by Crippen LogP contribution is -2.21. The number of hydrogen-bond donors (Lipinski definition) is 2. The molecular weight excluding hydrogens is 218 g/mol. The Bertz CT molecular complexity index is 508. The van der Waals surface area contributed by atoms with Crippen LogP contribution in [0.25, 0.3) is 10.6 Å². The van der Waals surface area contributed by atoms with Gasteiger partial charge in [-0.25, -0.2) is 4.98 Å². The van der Waals surface area contributed by atoms with Crippen molar-refractivity contribution in [1.82, 2.24) is 9.97 Å². The quantitative estimate of drug-likeness (QED) is 0.855. The minimum Gasteiger partial charge on any atom is -0.341 e. The second-order valence-electron chi connectivity index (χ2n) is 4.56. The SMILES string of the molecule is Cc1ccsc1-c1cnc(C2(CN)CC2)[nH]1. The Kier molecular flexibility index (Phi) is 2.16. The van der Waals surface area contributed by atoms with Gasteiger partial charge < -0.3 is 10.7 Å². The van der Waals surface area contributed by atoms with Crippen LogP contribution in [0.5, 0.6) is 0 Å². The topological polar surface area (TPSA) is 54.7 Å². The monoisotopic (exact) mass is 233 g/mol. The van der Waals surface area contributed by atoms with Crippen LogP contribution in [-0.2, 0) is 5.41 Å². The molecule has 2 aromatic heterocycles. The summed E-state index contributed by atoms with van der Waals surface area (Å²) in [6, 6.07) is 2.14. The highest BCUT2D eigenvalue weighted by Crippen LogP contribution is 2.46. The van der Waals surface area contributed by atoms with E-state index in [1.807, 2.05) is 6.20 Å². The standard InChI is InChI=1S/C12H15N3S/c1-8-2-5-16-10(8)9-6-14-11(15-9)12(7-13)3-4-12/h2,5-6H,3-4,7,13H2,1H3,(H,14,15). The normalized spacial score (nSPS) is 17.6. The fraction of sp³-hybridized carbons (Fsp3) is 0.417. The molecule has 3 N–H and O–H groups in total. The molecule has 0 saturated heterocycles. The molecule has 2 aromatic rings. The van der Waals surface area contributed by atoms with Crippen molar-refractivity contribution in [2.75, 3.05) is 6.54 Å². The predicted molar refractivity (Wildman–Crippen MR) is 66.6 cm³/mol. The van der Waals surface area contributed by atoms with Gasteiger partial charge in [-0.2, -0.15) is 0 Å². The summed E-state index contributed by atoms with van der Waals surface area (Å²) in [5.41, 5.74) is 8.39. The van der Waals surface area contributed by atoms with Gasteiger partial charge in [-0.3, -0.25) is 0 Å². The van der Waals surface area contributed by atoms with E-state index in [4.69, 9.17) is 5.73 Å². The van der Waals surface area contributed by atoms with Gasteiger partial charge in [-0.1, -0.05) is 0 Å². The first-order chi connectivity index (χ1) is 7.75. The summed E-state index contributed by atoms with van der Waals surface area (Å²) in [5, 5.41) is 2.11. The molecule has 16 heavy (non-hydrogen) atoms. The zero-order valence-corrected chi connectivity index (χ0v) is 10.1. The van der Waals surface area contributed by atoms with Crippen molar-refractivity contribution < 1.29 is 0 Å². The Morgan fingerprint density at radius 2 is 2.38 bits per heavy atom. The molecule has 4 heteroatoms. The molecule has 0 atom stereocenters. The average molecular weight is 233 g/mol. The summed E-state index contributed by atoms with van der Waals surface area (Å²) < 4.78 is 0. The van der Waals surface area contributed by atoms with Gasteiger partial charge in [0.25, 0.3) is 0 Å².